The highest BCUT2D eigenvalue weighted by molar-refractivity contribution is 7.46. The molecule has 0 spiro atoms. The SMILES string of the molecule is N#Cc1csc(C(=O)c2cn(COP(=O)(O)O)c3ccc(F)cc23)n1. The zero-order chi connectivity index (χ0) is 18.2. The number of fused-ring (bicyclic) bond motifs is 1. The average Bonchev–Trinajstić information content (AvgIpc) is 3.16. The molecule has 0 fully saturated rings. The molecule has 128 valence electrons. The van der Waals surface area contributed by atoms with Gasteiger partial charge in [0.25, 0.3) is 0 Å². The zero-order valence-corrected chi connectivity index (χ0v) is 14.0. The van der Waals surface area contributed by atoms with Gasteiger partial charge in [0, 0.05) is 17.0 Å². The van der Waals surface area contributed by atoms with Gasteiger partial charge in [0.15, 0.2) is 10.7 Å². The van der Waals surface area contributed by atoms with Crippen molar-refractivity contribution < 1.29 is 28.1 Å². The number of benzene rings is 1. The van der Waals surface area contributed by atoms with Crippen LogP contribution in [0.3, 0.4) is 0 Å². The van der Waals surface area contributed by atoms with Crippen LogP contribution in [-0.4, -0.2) is 25.1 Å². The molecule has 2 N–H and O–H groups in total. The van der Waals surface area contributed by atoms with Gasteiger partial charge in [-0.15, -0.1) is 11.3 Å². The zero-order valence-electron chi connectivity index (χ0n) is 12.3. The number of phosphoric acid groups is 1. The first-order valence-corrected chi connectivity index (χ1v) is 9.08. The van der Waals surface area contributed by atoms with Crippen LogP contribution < -0.4 is 0 Å². The lowest BCUT2D eigenvalue weighted by Crippen LogP contribution is -2.02. The summed E-state index contributed by atoms with van der Waals surface area (Å²) >= 11 is 0.975. The van der Waals surface area contributed by atoms with Crippen LogP contribution in [0.2, 0.25) is 0 Å². The van der Waals surface area contributed by atoms with Crippen molar-refractivity contribution in [3.05, 3.63) is 51.9 Å². The fraction of sp³-hybridized carbons (Fsp3) is 0.0714. The summed E-state index contributed by atoms with van der Waals surface area (Å²) in [4.78, 5) is 34.2. The third-order valence-electron chi connectivity index (χ3n) is 3.27. The van der Waals surface area contributed by atoms with E-state index in [1.165, 1.54) is 22.2 Å². The number of phosphoric ester groups is 1. The summed E-state index contributed by atoms with van der Waals surface area (Å²) in [5.41, 5.74) is 0.533. The first-order valence-electron chi connectivity index (χ1n) is 6.67. The number of rotatable bonds is 5. The summed E-state index contributed by atoms with van der Waals surface area (Å²) in [6, 6.07) is 5.47. The third kappa shape index (κ3) is 3.66. The molecule has 0 unspecified atom stereocenters. The molecule has 0 aliphatic carbocycles. The van der Waals surface area contributed by atoms with Gasteiger partial charge >= 0.3 is 7.82 Å². The Bertz CT molecular complexity index is 1060. The van der Waals surface area contributed by atoms with Crippen LogP contribution in [0, 0.1) is 17.1 Å². The van der Waals surface area contributed by atoms with Gasteiger partial charge < -0.3 is 14.4 Å². The van der Waals surface area contributed by atoms with Crippen LogP contribution in [0.1, 0.15) is 21.1 Å². The van der Waals surface area contributed by atoms with E-state index in [4.69, 9.17) is 15.0 Å². The molecule has 3 rings (SSSR count). The Morgan fingerprint density at radius 2 is 2.24 bits per heavy atom. The predicted molar refractivity (Wildman–Crippen MR) is 85.3 cm³/mol. The Labute approximate surface area is 144 Å². The number of thiazole rings is 1. The van der Waals surface area contributed by atoms with Gasteiger partial charge in [-0.25, -0.2) is 13.9 Å². The van der Waals surface area contributed by atoms with Gasteiger partial charge in [-0.05, 0) is 18.2 Å². The standard InChI is InChI=1S/C14H9FN3O5PS/c15-8-1-2-12-10(3-8)11(5-18(12)7-23-24(20,21)22)13(19)14-17-9(4-16)6-25-14/h1-3,5-6H,7H2,(H2,20,21,22). The lowest BCUT2D eigenvalue weighted by Gasteiger charge is -2.07. The van der Waals surface area contributed by atoms with Gasteiger partial charge in [-0.2, -0.15) is 5.26 Å². The minimum absolute atomic E-state index is 0.0516. The predicted octanol–water partition coefficient (Wildman–Crippen LogP) is 2.41. The molecule has 8 nitrogen and oxygen atoms in total. The van der Waals surface area contributed by atoms with E-state index in [9.17, 15) is 13.8 Å². The van der Waals surface area contributed by atoms with Crippen LogP contribution >= 0.6 is 19.2 Å². The first kappa shape index (κ1) is 17.4. The van der Waals surface area contributed by atoms with Crippen molar-refractivity contribution in [1.82, 2.24) is 9.55 Å². The van der Waals surface area contributed by atoms with Crippen molar-refractivity contribution in [1.29, 1.82) is 5.26 Å². The molecule has 0 radical (unpaired) electrons. The lowest BCUT2D eigenvalue weighted by atomic mass is 10.1. The molecule has 0 saturated carbocycles. The van der Waals surface area contributed by atoms with Gasteiger partial charge in [0.1, 0.15) is 18.6 Å². The number of ketones is 1. The molecule has 0 amide bonds. The number of carbonyl (C=O) groups is 1. The van der Waals surface area contributed by atoms with Crippen LogP contribution in [-0.2, 0) is 15.8 Å². The Morgan fingerprint density at radius 3 is 2.88 bits per heavy atom. The van der Waals surface area contributed by atoms with Crippen molar-refractivity contribution in [2.45, 2.75) is 6.73 Å². The Balaban J connectivity index is 2.08. The lowest BCUT2D eigenvalue weighted by molar-refractivity contribution is 0.103. The molecule has 2 aromatic heterocycles. The number of hydrogen-bond donors (Lipinski definition) is 2. The molecule has 0 aliphatic rings. The van der Waals surface area contributed by atoms with Crippen molar-refractivity contribution in [2.24, 2.45) is 0 Å². The monoisotopic (exact) mass is 381 g/mol. The van der Waals surface area contributed by atoms with Gasteiger partial charge in [0.2, 0.25) is 5.78 Å². The number of hydrogen-bond acceptors (Lipinski definition) is 6. The smallest absolute Gasteiger partial charge is 0.322 e. The summed E-state index contributed by atoms with van der Waals surface area (Å²) in [6.07, 6.45) is 1.30. The highest BCUT2D eigenvalue weighted by Crippen LogP contribution is 2.37. The van der Waals surface area contributed by atoms with E-state index >= 15 is 0 Å². The van der Waals surface area contributed by atoms with Crippen molar-refractivity contribution in [2.75, 3.05) is 0 Å². The average molecular weight is 381 g/mol. The van der Waals surface area contributed by atoms with Gasteiger partial charge in [-0.3, -0.25) is 9.32 Å². The molecular weight excluding hydrogens is 372 g/mol. The molecule has 3 aromatic rings. The molecule has 2 heterocycles. The third-order valence-corrected chi connectivity index (χ3v) is 4.56. The summed E-state index contributed by atoms with van der Waals surface area (Å²) in [5.74, 6) is -1.11. The highest BCUT2D eigenvalue weighted by atomic mass is 32.1. The molecule has 0 aliphatic heterocycles. The largest absolute Gasteiger partial charge is 0.471 e. The van der Waals surface area contributed by atoms with Crippen molar-refractivity contribution >= 4 is 35.8 Å². The van der Waals surface area contributed by atoms with Crippen LogP contribution in [0.4, 0.5) is 4.39 Å². The van der Waals surface area contributed by atoms with E-state index in [0.717, 1.165) is 23.5 Å². The van der Waals surface area contributed by atoms with Crippen LogP contribution in [0.25, 0.3) is 10.9 Å². The fourth-order valence-electron chi connectivity index (χ4n) is 2.24. The summed E-state index contributed by atoms with van der Waals surface area (Å²) in [6.45, 7) is -0.527. The van der Waals surface area contributed by atoms with E-state index in [0.29, 0.717) is 5.52 Å². The van der Waals surface area contributed by atoms with E-state index in [-0.39, 0.29) is 21.7 Å². The second-order valence-corrected chi connectivity index (χ2v) is 7.00. The van der Waals surface area contributed by atoms with Gasteiger partial charge in [-0.1, -0.05) is 0 Å². The number of carbonyl (C=O) groups excluding carboxylic acids is 1. The minimum Gasteiger partial charge on any atom is -0.322 e. The molecule has 25 heavy (non-hydrogen) atoms. The van der Waals surface area contributed by atoms with Crippen molar-refractivity contribution in [3.63, 3.8) is 0 Å². The van der Waals surface area contributed by atoms with Crippen molar-refractivity contribution in [3.8, 4) is 6.07 Å². The normalized spacial score (nSPS) is 11.6. The van der Waals surface area contributed by atoms with E-state index in [1.807, 2.05) is 6.07 Å². The topological polar surface area (TPSA) is 125 Å². The number of aromatic nitrogens is 2. The van der Waals surface area contributed by atoms with E-state index < -0.39 is 26.2 Å². The van der Waals surface area contributed by atoms with E-state index in [1.54, 1.807) is 0 Å². The summed E-state index contributed by atoms with van der Waals surface area (Å²) < 4.78 is 30.2. The molecular formula is C14H9FN3O5PS. The maximum atomic E-state index is 13.6. The highest BCUT2D eigenvalue weighted by Gasteiger charge is 2.21. The molecule has 1 aromatic carbocycles. The maximum Gasteiger partial charge on any atom is 0.471 e. The first-order chi connectivity index (χ1) is 11.8. The maximum absolute atomic E-state index is 13.6. The summed E-state index contributed by atoms with van der Waals surface area (Å²) in [5, 5.41) is 10.5. The number of nitriles is 1. The number of nitrogens with zero attached hydrogens (tertiary/aromatic N) is 3. The van der Waals surface area contributed by atoms with Crippen LogP contribution in [0.5, 0.6) is 0 Å². The van der Waals surface area contributed by atoms with Crippen LogP contribution in [0.15, 0.2) is 29.8 Å². The molecule has 0 atom stereocenters. The molecule has 11 heteroatoms. The minimum atomic E-state index is -4.72. The Kier molecular flexibility index (Phi) is 4.51. The Morgan fingerprint density at radius 1 is 1.48 bits per heavy atom. The quantitative estimate of drug-likeness (QED) is 0.513. The molecule has 0 bridgehead atoms. The second-order valence-electron chi connectivity index (χ2n) is 4.90. The van der Waals surface area contributed by atoms with E-state index in [2.05, 4.69) is 9.51 Å². The van der Waals surface area contributed by atoms with Gasteiger partial charge in [0.05, 0.1) is 11.1 Å². The number of halogens is 1. The Hall–Kier alpha value is -2.41. The fourth-order valence-corrected chi connectivity index (χ4v) is 3.21. The molecule has 0 saturated heterocycles. The second kappa shape index (κ2) is 6.48. The summed E-state index contributed by atoms with van der Waals surface area (Å²) in [7, 11) is -4.72.